The molecule has 2 aliphatic rings. The van der Waals surface area contributed by atoms with Gasteiger partial charge in [-0.1, -0.05) is 31.0 Å². The number of rotatable bonds is 5. The number of aromatic nitrogens is 4. The molecule has 1 aliphatic carbocycles. The number of likely N-dealkylation sites (tertiary alicyclic amines) is 1. The minimum absolute atomic E-state index is 0.0947. The molecule has 0 spiro atoms. The number of carbonyl (C=O) groups is 2. The number of carbonyl (C=O) groups excluding carboxylic acids is 2. The lowest BCUT2D eigenvalue weighted by molar-refractivity contribution is -0.113. The van der Waals surface area contributed by atoms with E-state index in [-0.39, 0.29) is 17.6 Å². The molecule has 2 amide bonds. The van der Waals surface area contributed by atoms with E-state index in [1.807, 2.05) is 4.90 Å². The van der Waals surface area contributed by atoms with Gasteiger partial charge < -0.3 is 10.2 Å². The zero-order valence-corrected chi connectivity index (χ0v) is 17.4. The number of tetrazole rings is 1. The Morgan fingerprint density at radius 2 is 1.90 bits per heavy atom. The van der Waals surface area contributed by atoms with Crippen molar-refractivity contribution >= 4 is 29.3 Å². The molecule has 0 radical (unpaired) electrons. The van der Waals surface area contributed by atoms with Crippen LogP contribution in [0.5, 0.6) is 0 Å². The average Bonchev–Trinajstić information content (AvgIpc) is 3.16. The summed E-state index contributed by atoms with van der Waals surface area (Å²) in [4.78, 5) is 27.0. The summed E-state index contributed by atoms with van der Waals surface area (Å²) in [7, 11) is 1.73. The number of anilines is 1. The number of amides is 2. The third kappa shape index (κ3) is 4.77. The van der Waals surface area contributed by atoms with E-state index < -0.39 is 0 Å². The Labute approximate surface area is 174 Å². The first-order chi connectivity index (χ1) is 14.1. The molecular weight excluding hydrogens is 388 g/mol. The molecule has 2 fully saturated rings. The molecule has 1 saturated heterocycles. The molecule has 2 atom stereocenters. The molecule has 2 heterocycles. The van der Waals surface area contributed by atoms with Gasteiger partial charge in [0, 0.05) is 31.4 Å². The lowest BCUT2D eigenvalue weighted by Crippen LogP contribution is -2.44. The Hall–Kier alpha value is -2.42. The number of aryl methyl sites for hydroxylation is 1. The Morgan fingerprint density at radius 3 is 2.62 bits per heavy atom. The molecule has 1 aromatic carbocycles. The summed E-state index contributed by atoms with van der Waals surface area (Å²) in [5, 5.41) is 14.5. The van der Waals surface area contributed by atoms with Gasteiger partial charge in [-0.15, -0.1) is 5.10 Å². The lowest BCUT2D eigenvalue weighted by Gasteiger charge is -2.41. The van der Waals surface area contributed by atoms with Gasteiger partial charge in [0.05, 0.1) is 5.75 Å². The van der Waals surface area contributed by atoms with Gasteiger partial charge in [0.25, 0.3) is 5.91 Å². The van der Waals surface area contributed by atoms with E-state index in [1.165, 1.54) is 42.1 Å². The summed E-state index contributed by atoms with van der Waals surface area (Å²) < 4.78 is 1.52. The summed E-state index contributed by atoms with van der Waals surface area (Å²) >= 11 is 1.27. The Balaban J connectivity index is 1.29. The van der Waals surface area contributed by atoms with Crippen LogP contribution in [0, 0.1) is 11.8 Å². The highest BCUT2D eigenvalue weighted by Crippen LogP contribution is 2.36. The number of benzene rings is 1. The minimum atomic E-state index is -0.142. The number of hydrogen-bond donors (Lipinski definition) is 1. The molecule has 1 N–H and O–H groups in total. The largest absolute Gasteiger partial charge is 0.338 e. The number of hydrogen-bond acceptors (Lipinski definition) is 6. The van der Waals surface area contributed by atoms with E-state index in [1.54, 1.807) is 31.3 Å². The van der Waals surface area contributed by atoms with Crippen molar-refractivity contribution in [2.24, 2.45) is 18.9 Å². The Bertz CT molecular complexity index is 868. The fraction of sp³-hybridized carbons (Fsp3) is 0.550. The standard InChI is InChI=1S/C20H26N6O2S/c1-25-20(22-23-24-25)29-13-18(27)21-17-8-6-15(7-9-17)19(28)26-11-10-14-4-2-3-5-16(14)12-26/h6-9,14,16H,2-5,10-13H2,1H3,(H,21,27)/t14-,16+/m1/s1. The van der Waals surface area contributed by atoms with Crippen molar-refractivity contribution in [1.82, 2.24) is 25.1 Å². The fourth-order valence-corrected chi connectivity index (χ4v) is 4.98. The van der Waals surface area contributed by atoms with E-state index in [4.69, 9.17) is 0 Å². The van der Waals surface area contributed by atoms with Crippen molar-refractivity contribution in [3.63, 3.8) is 0 Å². The predicted octanol–water partition coefficient (Wildman–Crippen LogP) is 2.59. The number of nitrogens with zero attached hydrogens (tertiary/aromatic N) is 5. The topological polar surface area (TPSA) is 93.0 Å². The highest BCUT2D eigenvalue weighted by atomic mass is 32.2. The molecule has 2 aromatic rings. The van der Waals surface area contributed by atoms with Gasteiger partial charge in [0.1, 0.15) is 0 Å². The van der Waals surface area contributed by atoms with Crippen molar-refractivity contribution in [1.29, 1.82) is 0 Å². The summed E-state index contributed by atoms with van der Waals surface area (Å²) in [6.45, 7) is 1.74. The van der Waals surface area contributed by atoms with Gasteiger partial charge in [-0.25, -0.2) is 4.68 Å². The quantitative estimate of drug-likeness (QED) is 0.756. The van der Waals surface area contributed by atoms with Crippen LogP contribution in [0.4, 0.5) is 5.69 Å². The zero-order valence-electron chi connectivity index (χ0n) is 16.6. The first-order valence-corrected chi connectivity index (χ1v) is 11.1. The molecule has 0 unspecified atom stereocenters. The first kappa shape index (κ1) is 19.9. The fourth-order valence-electron chi connectivity index (χ4n) is 4.33. The Kier molecular flexibility index (Phi) is 6.13. The van der Waals surface area contributed by atoms with Crippen LogP contribution in [0.15, 0.2) is 29.4 Å². The molecule has 8 nitrogen and oxygen atoms in total. The van der Waals surface area contributed by atoms with Crippen LogP contribution in [0.2, 0.25) is 0 Å². The number of nitrogens with one attached hydrogen (secondary N) is 1. The second-order valence-corrected chi connectivity index (χ2v) is 8.79. The second kappa shape index (κ2) is 8.94. The molecule has 0 bridgehead atoms. The smallest absolute Gasteiger partial charge is 0.253 e. The van der Waals surface area contributed by atoms with Gasteiger partial charge in [0.15, 0.2) is 0 Å². The predicted molar refractivity (Wildman–Crippen MR) is 111 cm³/mol. The Morgan fingerprint density at radius 1 is 1.14 bits per heavy atom. The highest BCUT2D eigenvalue weighted by Gasteiger charge is 2.33. The van der Waals surface area contributed by atoms with Crippen LogP contribution < -0.4 is 5.32 Å². The van der Waals surface area contributed by atoms with E-state index in [0.717, 1.165) is 25.4 Å². The van der Waals surface area contributed by atoms with E-state index in [9.17, 15) is 9.59 Å². The monoisotopic (exact) mass is 414 g/mol. The normalized spacial score (nSPS) is 21.5. The maximum absolute atomic E-state index is 12.9. The maximum atomic E-state index is 12.9. The van der Waals surface area contributed by atoms with Gasteiger partial charge in [0.2, 0.25) is 11.1 Å². The molecule has 29 heavy (non-hydrogen) atoms. The van der Waals surface area contributed by atoms with Crippen LogP contribution in [0.25, 0.3) is 0 Å². The average molecular weight is 415 g/mol. The van der Waals surface area contributed by atoms with Crippen molar-refractivity contribution in [3.8, 4) is 0 Å². The molecule has 1 aliphatic heterocycles. The van der Waals surface area contributed by atoms with Crippen LogP contribution >= 0.6 is 11.8 Å². The van der Waals surface area contributed by atoms with Crippen LogP contribution in [0.1, 0.15) is 42.5 Å². The number of piperidine rings is 1. The molecule has 154 valence electrons. The van der Waals surface area contributed by atoms with Gasteiger partial charge in [-0.2, -0.15) is 0 Å². The van der Waals surface area contributed by atoms with Crippen LogP contribution in [0.3, 0.4) is 0 Å². The highest BCUT2D eigenvalue weighted by molar-refractivity contribution is 7.99. The lowest BCUT2D eigenvalue weighted by atomic mass is 9.75. The van der Waals surface area contributed by atoms with E-state index >= 15 is 0 Å². The molecular formula is C20H26N6O2S. The third-order valence-electron chi connectivity index (χ3n) is 5.91. The summed E-state index contributed by atoms with van der Waals surface area (Å²) in [6, 6.07) is 7.16. The SMILES string of the molecule is Cn1nnnc1SCC(=O)Nc1ccc(C(=O)N2CC[C@H]3CCCC[C@H]3C2)cc1. The molecule has 1 aromatic heterocycles. The van der Waals surface area contributed by atoms with Crippen LogP contribution in [-0.2, 0) is 11.8 Å². The minimum Gasteiger partial charge on any atom is -0.338 e. The molecule has 9 heteroatoms. The van der Waals surface area contributed by atoms with Crippen LogP contribution in [-0.4, -0.2) is 55.8 Å². The summed E-state index contributed by atoms with van der Waals surface area (Å²) in [5.74, 6) is 1.64. The van der Waals surface area contributed by atoms with Crippen molar-refractivity contribution in [3.05, 3.63) is 29.8 Å². The third-order valence-corrected chi connectivity index (χ3v) is 6.92. The number of fused-ring (bicyclic) bond motifs is 1. The van der Waals surface area contributed by atoms with Crippen molar-refractivity contribution in [2.75, 3.05) is 24.2 Å². The summed E-state index contributed by atoms with van der Waals surface area (Å²) in [6.07, 6.45) is 6.34. The van der Waals surface area contributed by atoms with Crippen molar-refractivity contribution in [2.45, 2.75) is 37.3 Å². The first-order valence-electron chi connectivity index (χ1n) is 10.1. The van der Waals surface area contributed by atoms with Gasteiger partial charge in [-0.05, 0) is 59.4 Å². The molecule has 4 rings (SSSR count). The number of thioether (sulfide) groups is 1. The molecule has 1 saturated carbocycles. The van der Waals surface area contributed by atoms with E-state index in [0.29, 0.717) is 22.3 Å². The second-order valence-electron chi connectivity index (χ2n) is 7.84. The van der Waals surface area contributed by atoms with Gasteiger partial charge in [-0.3, -0.25) is 9.59 Å². The van der Waals surface area contributed by atoms with E-state index in [2.05, 4.69) is 20.8 Å². The summed E-state index contributed by atoms with van der Waals surface area (Å²) in [5.41, 5.74) is 1.35. The maximum Gasteiger partial charge on any atom is 0.253 e. The zero-order chi connectivity index (χ0) is 20.2. The van der Waals surface area contributed by atoms with Crippen molar-refractivity contribution < 1.29 is 9.59 Å². The van der Waals surface area contributed by atoms with Gasteiger partial charge >= 0.3 is 0 Å².